The number of para-hydroxylation sites is 1. The van der Waals surface area contributed by atoms with Crippen LogP contribution >= 0.6 is 11.8 Å². The Bertz CT molecular complexity index is 1610. The van der Waals surface area contributed by atoms with Gasteiger partial charge in [0.2, 0.25) is 0 Å². The number of aryl methyl sites for hydroxylation is 2. The molecule has 2 amide bonds. The van der Waals surface area contributed by atoms with Gasteiger partial charge in [-0.2, -0.15) is 4.99 Å². The fourth-order valence-electron chi connectivity index (χ4n) is 5.30. The average Bonchev–Trinajstić information content (AvgIpc) is 3.47. The Balaban J connectivity index is 1.28. The number of thioether (sulfide) groups is 1. The summed E-state index contributed by atoms with van der Waals surface area (Å²) in [5.74, 6) is 0.618. The van der Waals surface area contributed by atoms with E-state index in [1.807, 2.05) is 37.3 Å². The first-order valence-corrected chi connectivity index (χ1v) is 15.4. The lowest BCUT2D eigenvalue weighted by atomic mass is 10.0. The number of benzene rings is 3. The standard InChI is InChI=1S/C33H34F3N5O2S/c1-5-28(38-31(42)39-32-41(23(4)17-18-44-32)30-21(2)7-6-8-22(30)3)24-9-11-25(12-10-24)29-19-40(20-37-29)26-13-15-27(16-14-26)43-33(34,35)36/h6-16,19-20,23,28H,5,17-18H2,1-4H3,(H,38,42)/b39-32-. The highest BCUT2D eigenvalue weighted by Crippen LogP contribution is 2.34. The number of imidazole rings is 1. The second-order valence-corrected chi connectivity index (χ2v) is 11.8. The lowest BCUT2D eigenvalue weighted by Crippen LogP contribution is -2.43. The van der Waals surface area contributed by atoms with E-state index in [2.05, 4.69) is 57.8 Å². The highest BCUT2D eigenvalue weighted by atomic mass is 32.2. The van der Waals surface area contributed by atoms with E-state index in [0.717, 1.165) is 40.1 Å². The summed E-state index contributed by atoms with van der Waals surface area (Å²) in [4.78, 5) is 24.4. The number of nitrogens with one attached hydrogen (secondary N) is 1. The first kappa shape index (κ1) is 31.2. The molecule has 1 aliphatic heterocycles. The monoisotopic (exact) mass is 621 g/mol. The summed E-state index contributed by atoms with van der Waals surface area (Å²) in [6, 6.07) is 19.2. The minimum atomic E-state index is -4.74. The first-order chi connectivity index (χ1) is 21.0. The molecule has 0 saturated carbocycles. The molecule has 0 aliphatic carbocycles. The molecule has 230 valence electrons. The topological polar surface area (TPSA) is 71.8 Å². The maximum absolute atomic E-state index is 13.2. The zero-order valence-electron chi connectivity index (χ0n) is 24.9. The Morgan fingerprint density at radius 1 is 1.09 bits per heavy atom. The number of amidine groups is 1. The number of nitrogens with zero attached hydrogens (tertiary/aromatic N) is 4. The van der Waals surface area contributed by atoms with E-state index in [1.165, 1.54) is 24.3 Å². The third kappa shape index (κ3) is 7.27. The second-order valence-electron chi connectivity index (χ2n) is 10.7. The highest BCUT2D eigenvalue weighted by molar-refractivity contribution is 8.14. The highest BCUT2D eigenvalue weighted by Gasteiger charge is 2.31. The first-order valence-electron chi connectivity index (χ1n) is 14.4. The second kappa shape index (κ2) is 13.2. The van der Waals surface area contributed by atoms with E-state index in [9.17, 15) is 18.0 Å². The van der Waals surface area contributed by atoms with Crippen LogP contribution in [-0.4, -0.2) is 38.9 Å². The molecule has 1 fully saturated rings. The summed E-state index contributed by atoms with van der Waals surface area (Å²) in [6.07, 6.45) is 0.350. The molecular formula is C33H34F3N5O2S. The number of alkyl halides is 3. The predicted molar refractivity (Wildman–Crippen MR) is 170 cm³/mol. The molecule has 11 heteroatoms. The van der Waals surface area contributed by atoms with Gasteiger partial charge in [0.1, 0.15) is 5.75 Å². The summed E-state index contributed by atoms with van der Waals surface area (Å²) in [5, 5.41) is 3.79. The van der Waals surface area contributed by atoms with Crippen LogP contribution in [0.15, 0.2) is 84.2 Å². The number of aromatic nitrogens is 2. The zero-order valence-corrected chi connectivity index (χ0v) is 25.7. The Labute approximate surface area is 259 Å². The molecule has 3 aromatic carbocycles. The Hall–Kier alpha value is -4.25. The predicted octanol–water partition coefficient (Wildman–Crippen LogP) is 8.60. The normalized spacial score (nSPS) is 17.0. The molecule has 1 saturated heterocycles. The number of ether oxygens (including phenoxy) is 1. The van der Waals surface area contributed by atoms with Gasteiger partial charge in [0.25, 0.3) is 0 Å². The van der Waals surface area contributed by atoms with Crippen molar-refractivity contribution in [3.8, 4) is 22.7 Å². The van der Waals surface area contributed by atoms with Crippen molar-refractivity contribution in [3.05, 3.63) is 95.9 Å². The van der Waals surface area contributed by atoms with E-state index in [4.69, 9.17) is 0 Å². The van der Waals surface area contributed by atoms with Crippen LogP contribution in [0, 0.1) is 13.8 Å². The summed E-state index contributed by atoms with van der Waals surface area (Å²) in [6.45, 7) is 8.35. The summed E-state index contributed by atoms with van der Waals surface area (Å²) < 4.78 is 43.0. The molecule has 2 unspecified atom stereocenters. The number of urea groups is 1. The molecule has 4 aromatic rings. The van der Waals surface area contributed by atoms with Crippen LogP contribution in [0.3, 0.4) is 0 Å². The van der Waals surface area contributed by atoms with Crippen molar-refractivity contribution in [1.82, 2.24) is 14.9 Å². The van der Waals surface area contributed by atoms with Crippen molar-refractivity contribution < 1.29 is 22.7 Å². The number of carbonyl (C=O) groups excluding carboxylic acids is 1. The van der Waals surface area contributed by atoms with Crippen LogP contribution in [0.2, 0.25) is 0 Å². The molecule has 1 aromatic heterocycles. The Morgan fingerprint density at radius 2 is 1.77 bits per heavy atom. The lowest BCUT2D eigenvalue weighted by Gasteiger charge is -2.37. The number of rotatable bonds is 7. The number of aliphatic imine (C=N–C) groups is 1. The van der Waals surface area contributed by atoms with Crippen molar-refractivity contribution in [2.45, 2.75) is 59.0 Å². The third-order valence-corrected chi connectivity index (χ3v) is 8.54. The molecule has 1 aliphatic rings. The molecule has 44 heavy (non-hydrogen) atoms. The van der Waals surface area contributed by atoms with Gasteiger partial charge >= 0.3 is 12.4 Å². The van der Waals surface area contributed by atoms with Gasteiger partial charge in [-0.1, -0.05) is 61.2 Å². The minimum absolute atomic E-state index is 0.225. The molecule has 0 spiro atoms. The number of halogens is 3. The lowest BCUT2D eigenvalue weighted by molar-refractivity contribution is -0.274. The number of hydrogen-bond acceptors (Lipinski definition) is 4. The van der Waals surface area contributed by atoms with Crippen LogP contribution < -0.4 is 15.0 Å². The Kier molecular flexibility index (Phi) is 9.33. The fourth-order valence-corrected chi connectivity index (χ4v) is 6.50. The molecule has 2 atom stereocenters. The summed E-state index contributed by atoms with van der Waals surface area (Å²) in [5.41, 5.74) is 6.56. The molecule has 7 nitrogen and oxygen atoms in total. The van der Waals surface area contributed by atoms with Crippen LogP contribution in [0.5, 0.6) is 5.75 Å². The van der Waals surface area contributed by atoms with Gasteiger partial charge in [-0.05, 0) is 74.6 Å². The third-order valence-electron chi connectivity index (χ3n) is 7.56. The fraction of sp³-hybridized carbons (Fsp3) is 0.303. The molecule has 0 bridgehead atoms. The van der Waals surface area contributed by atoms with E-state index in [-0.39, 0.29) is 23.9 Å². The van der Waals surface area contributed by atoms with Gasteiger partial charge in [0.15, 0.2) is 5.17 Å². The van der Waals surface area contributed by atoms with Crippen LogP contribution in [0.25, 0.3) is 16.9 Å². The maximum atomic E-state index is 13.2. The number of carbonyl (C=O) groups is 1. The number of hydrogen-bond donors (Lipinski definition) is 1. The van der Waals surface area contributed by atoms with Gasteiger partial charge in [-0.3, -0.25) is 0 Å². The molecule has 1 N–H and O–H groups in total. The van der Waals surface area contributed by atoms with Gasteiger partial charge in [0.05, 0.1) is 18.1 Å². The molecular weight excluding hydrogens is 587 g/mol. The average molecular weight is 622 g/mol. The van der Waals surface area contributed by atoms with Crippen LogP contribution in [0.4, 0.5) is 23.7 Å². The summed E-state index contributed by atoms with van der Waals surface area (Å²) in [7, 11) is 0. The van der Waals surface area contributed by atoms with Gasteiger partial charge in [0, 0.05) is 34.9 Å². The van der Waals surface area contributed by atoms with Crippen molar-refractivity contribution in [3.63, 3.8) is 0 Å². The van der Waals surface area contributed by atoms with E-state index < -0.39 is 6.36 Å². The van der Waals surface area contributed by atoms with Crippen molar-refractivity contribution in [2.75, 3.05) is 10.7 Å². The van der Waals surface area contributed by atoms with Crippen LogP contribution in [0.1, 0.15) is 49.4 Å². The van der Waals surface area contributed by atoms with E-state index in [1.54, 1.807) is 28.9 Å². The van der Waals surface area contributed by atoms with Crippen molar-refractivity contribution in [1.29, 1.82) is 0 Å². The minimum Gasteiger partial charge on any atom is -0.406 e. The smallest absolute Gasteiger partial charge is 0.406 e. The quantitative estimate of drug-likeness (QED) is 0.224. The van der Waals surface area contributed by atoms with Gasteiger partial charge in [-0.15, -0.1) is 13.2 Å². The van der Waals surface area contributed by atoms with E-state index >= 15 is 0 Å². The van der Waals surface area contributed by atoms with Crippen LogP contribution in [-0.2, 0) is 0 Å². The van der Waals surface area contributed by atoms with Crippen molar-refractivity contribution in [2.24, 2.45) is 4.99 Å². The number of anilines is 1. The summed E-state index contributed by atoms with van der Waals surface area (Å²) >= 11 is 1.60. The molecule has 5 rings (SSSR count). The van der Waals surface area contributed by atoms with E-state index in [0.29, 0.717) is 23.0 Å². The Morgan fingerprint density at radius 3 is 2.41 bits per heavy atom. The molecule has 2 heterocycles. The maximum Gasteiger partial charge on any atom is 0.573 e. The van der Waals surface area contributed by atoms with Gasteiger partial charge < -0.3 is 19.5 Å². The number of amides is 2. The van der Waals surface area contributed by atoms with Crippen molar-refractivity contribution >= 4 is 28.6 Å². The molecule has 0 radical (unpaired) electrons. The zero-order chi connectivity index (χ0) is 31.4. The van der Waals surface area contributed by atoms with Gasteiger partial charge in [-0.25, -0.2) is 9.78 Å². The SMILES string of the molecule is CCC(NC(=O)/N=C1\SCCC(C)N1c1c(C)cccc1C)c1ccc(-c2cn(-c3ccc(OC(F)(F)F)cc3)cn2)cc1. The largest absolute Gasteiger partial charge is 0.573 e.